The van der Waals surface area contributed by atoms with Gasteiger partial charge in [0.25, 0.3) is 5.91 Å². The zero-order valence-corrected chi connectivity index (χ0v) is 15.9. The maximum atomic E-state index is 12.6. The summed E-state index contributed by atoms with van der Waals surface area (Å²) < 4.78 is 6.93. The van der Waals surface area contributed by atoms with Crippen molar-refractivity contribution < 1.29 is 14.3 Å². The second-order valence-corrected chi connectivity index (χ2v) is 8.55. The molecule has 144 valence electrons. The van der Waals surface area contributed by atoms with Crippen molar-refractivity contribution in [2.75, 3.05) is 13.1 Å². The van der Waals surface area contributed by atoms with Crippen LogP contribution in [0.15, 0.2) is 24.5 Å². The number of piperidine rings is 1. The Morgan fingerprint density at radius 1 is 1.26 bits per heavy atom. The Morgan fingerprint density at radius 3 is 2.70 bits per heavy atom. The third-order valence-corrected chi connectivity index (χ3v) is 5.43. The van der Waals surface area contributed by atoms with E-state index in [1.807, 2.05) is 26.8 Å². The summed E-state index contributed by atoms with van der Waals surface area (Å²) in [5.74, 6) is -0.109. The molecule has 2 aromatic rings. The fraction of sp³-hybridized carbons (Fsp3) is 0.579. The Balaban J connectivity index is 1.32. The molecule has 8 heteroatoms. The van der Waals surface area contributed by atoms with Gasteiger partial charge in [0.2, 0.25) is 0 Å². The third-order valence-electron chi connectivity index (χ3n) is 5.43. The van der Waals surface area contributed by atoms with Crippen molar-refractivity contribution in [3.05, 3.63) is 30.1 Å². The molecule has 1 aliphatic carbocycles. The van der Waals surface area contributed by atoms with Crippen LogP contribution in [0.2, 0.25) is 0 Å². The normalized spacial score (nSPS) is 21.3. The van der Waals surface area contributed by atoms with Gasteiger partial charge in [0, 0.05) is 19.1 Å². The molecular weight excluding hydrogens is 346 g/mol. The van der Waals surface area contributed by atoms with E-state index in [-0.39, 0.29) is 23.5 Å². The zero-order chi connectivity index (χ0) is 19.2. The van der Waals surface area contributed by atoms with Crippen molar-refractivity contribution in [1.29, 1.82) is 0 Å². The van der Waals surface area contributed by atoms with Crippen LogP contribution in [0.1, 0.15) is 50.4 Å². The molecule has 2 aromatic heterocycles. The molecule has 3 heterocycles. The number of fused-ring (bicyclic) bond motifs is 1. The number of nitrogens with one attached hydrogen (secondary N) is 1. The second-order valence-electron chi connectivity index (χ2n) is 8.55. The summed E-state index contributed by atoms with van der Waals surface area (Å²) in [6.45, 7) is 6.96. The smallest absolute Gasteiger partial charge is 0.410 e. The van der Waals surface area contributed by atoms with Gasteiger partial charge in [-0.3, -0.25) is 4.79 Å². The lowest BCUT2D eigenvalue weighted by Gasteiger charge is -2.34. The summed E-state index contributed by atoms with van der Waals surface area (Å²) in [7, 11) is 0. The summed E-state index contributed by atoms with van der Waals surface area (Å²) in [4.78, 5) is 26.5. The van der Waals surface area contributed by atoms with E-state index in [0.29, 0.717) is 18.7 Å². The van der Waals surface area contributed by atoms with Gasteiger partial charge in [-0.05, 0) is 57.6 Å². The number of rotatable bonds is 2. The van der Waals surface area contributed by atoms with E-state index in [2.05, 4.69) is 15.5 Å². The lowest BCUT2D eigenvalue weighted by atomic mass is 9.93. The zero-order valence-electron chi connectivity index (χ0n) is 15.9. The van der Waals surface area contributed by atoms with E-state index in [1.54, 1.807) is 17.2 Å². The summed E-state index contributed by atoms with van der Waals surface area (Å²) in [6, 6.07) is 3.76. The van der Waals surface area contributed by atoms with Gasteiger partial charge in [0.1, 0.15) is 5.60 Å². The molecule has 2 fully saturated rings. The standard InChI is InChI=1S/C19H25N5O3/c1-18(2,3)27-17(26)23-8-5-19(6-9-23)11-15(19)22-16(25)13-10-14-4-7-20-24(14)21-12-13/h4,7,10,12,15H,5-6,8-9,11H2,1-3H3,(H,22,25). The Morgan fingerprint density at radius 2 is 2.00 bits per heavy atom. The summed E-state index contributed by atoms with van der Waals surface area (Å²) in [6.07, 6.45) is 5.67. The number of hydrogen-bond acceptors (Lipinski definition) is 5. The van der Waals surface area contributed by atoms with Gasteiger partial charge >= 0.3 is 6.09 Å². The summed E-state index contributed by atoms with van der Waals surface area (Å²) in [5, 5.41) is 11.3. The van der Waals surface area contributed by atoms with Crippen molar-refractivity contribution in [3.8, 4) is 0 Å². The third kappa shape index (κ3) is 3.61. The van der Waals surface area contributed by atoms with E-state index in [0.717, 1.165) is 24.8 Å². The first kappa shape index (κ1) is 17.8. The number of nitrogens with zero attached hydrogens (tertiary/aromatic N) is 4. The Labute approximate surface area is 157 Å². The fourth-order valence-corrected chi connectivity index (χ4v) is 3.75. The van der Waals surface area contributed by atoms with Crippen LogP contribution in [0.4, 0.5) is 4.79 Å². The van der Waals surface area contributed by atoms with Crippen LogP contribution in [0.3, 0.4) is 0 Å². The Hall–Kier alpha value is -2.64. The van der Waals surface area contributed by atoms with Gasteiger partial charge in [0.05, 0.1) is 23.5 Å². The number of likely N-dealkylation sites (tertiary alicyclic amines) is 1. The first-order valence-electron chi connectivity index (χ1n) is 9.35. The van der Waals surface area contributed by atoms with E-state index >= 15 is 0 Å². The molecule has 1 spiro atoms. The maximum absolute atomic E-state index is 12.6. The van der Waals surface area contributed by atoms with Crippen molar-refractivity contribution in [2.24, 2.45) is 5.41 Å². The number of amides is 2. The van der Waals surface area contributed by atoms with E-state index in [9.17, 15) is 9.59 Å². The monoisotopic (exact) mass is 371 g/mol. The van der Waals surface area contributed by atoms with Gasteiger partial charge in [0.15, 0.2) is 0 Å². The molecule has 4 rings (SSSR count). The van der Waals surface area contributed by atoms with Crippen molar-refractivity contribution in [3.63, 3.8) is 0 Å². The number of carbonyl (C=O) groups is 2. The molecule has 2 amide bonds. The van der Waals surface area contributed by atoms with Crippen LogP contribution in [0.25, 0.3) is 5.52 Å². The quantitative estimate of drug-likeness (QED) is 0.875. The molecule has 2 aliphatic rings. The SMILES string of the molecule is CC(C)(C)OC(=O)N1CCC2(CC1)CC2NC(=O)c1cnn2nccc2c1. The molecule has 1 atom stereocenters. The highest BCUT2D eigenvalue weighted by atomic mass is 16.6. The average molecular weight is 371 g/mol. The van der Waals surface area contributed by atoms with Crippen molar-refractivity contribution in [1.82, 2.24) is 25.0 Å². The van der Waals surface area contributed by atoms with Crippen LogP contribution in [0, 0.1) is 5.41 Å². The lowest BCUT2D eigenvalue weighted by Crippen LogP contribution is -2.44. The van der Waals surface area contributed by atoms with Gasteiger partial charge in [-0.25, -0.2) is 4.79 Å². The number of aromatic nitrogens is 3. The van der Waals surface area contributed by atoms with Crippen LogP contribution >= 0.6 is 0 Å². The highest BCUT2D eigenvalue weighted by Crippen LogP contribution is 2.54. The van der Waals surface area contributed by atoms with Crippen LogP contribution in [-0.2, 0) is 4.74 Å². The molecule has 1 saturated carbocycles. The molecule has 1 saturated heterocycles. The van der Waals surface area contributed by atoms with Crippen molar-refractivity contribution in [2.45, 2.75) is 51.7 Å². The predicted octanol–water partition coefficient (Wildman–Crippen LogP) is 2.25. The Kier molecular flexibility index (Phi) is 4.09. The minimum atomic E-state index is -0.479. The molecule has 1 N–H and O–H groups in total. The van der Waals surface area contributed by atoms with E-state index in [1.165, 1.54) is 10.8 Å². The number of hydrogen-bond donors (Lipinski definition) is 1. The van der Waals surface area contributed by atoms with Gasteiger partial charge in [-0.15, -0.1) is 0 Å². The van der Waals surface area contributed by atoms with Crippen molar-refractivity contribution >= 4 is 17.5 Å². The highest BCUT2D eigenvalue weighted by molar-refractivity contribution is 5.95. The molecule has 0 aromatic carbocycles. The first-order valence-corrected chi connectivity index (χ1v) is 9.35. The van der Waals surface area contributed by atoms with E-state index < -0.39 is 5.60 Å². The number of ether oxygens (including phenoxy) is 1. The highest BCUT2D eigenvalue weighted by Gasteiger charge is 2.56. The molecule has 0 radical (unpaired) electrons. The van der Waals surface area contributed by atoms with Gasteiger partial charge in [-0.1, -0.05) is 0 Å². The van der Waals surface area contributed by atoms with Crippen LogP contribution in [0.5, 0.6) is 0 Å². The minimum Gasteiger partial charge on any atom is -0.444 e. The van der Waals surface area contributed by atoms with Crippen LogP contribution in [-0.4, -0.2) is 56.5 Å². The minimum absolute atomic E-state index is 0.109. The topological polar surface area (TPSA) is 88.8 Å². The van der Waals surface area contributed by atoms with Crippen LogP contribution < -0.4 is 5.32 Å². The molecule has 1 unspecified atom stereocenters. The van der Waals surface area contributed by atoms with Gasteiger partial charge < -0.3 is 15.0 Å². The molecule has 0 bridgehead atoms. The second kappa shape index (κ2) is 6.21. The average Bonchev–Trinajstić information content (AvgIpc) is 3.04. The summed E-state index contributed by atoms with van der Waals surface area (Å²) in [5.41, 5.74) is 0.963. The Bertz CT molecular complexity index is 877. The molecule has 8 nitrogen and oxygen atoms in total. The summed E-state index contributed by atoms with van der Waals surface area (Å²) >= 11 is 0. The molecule has 1 aliphatic heterocycles. The molecular formula is C19H25N5O3. The largest absolute Gasteiger partial charge is 0.444 e. The predicted molar refractivity (Wildman–Crippen MR) is 98.3 cm³/mol. The first-order chi connectivity index (χ1) is 12.8. The maximum Gasteiger partial charge on any atom is 0.410 e. The van der Waals surface area contributed by atoms with E-state index in [4.69, 9.17) is 4.74 Å². The fourth-order valence-electron chi connectivity index (χ4n) is 3.75. The molecule has 27 heavy (non-hydrogen) atoms. The van der Waals surface area contributed by atoms with Gasteiger partial charge in [-0.2, -0.15) is 14.8 Å². The lowest BCUT2D eigenvalue weighted by molar-refractivity contribution is 0.0167. The number of carbonyl (C=O) groups excluding carboxylic acids is 2.